The molecule has 0 saturated carbocycles. The second kappa shape index (κ2) is 5.09. The van der Waals surface area contributed by atoms with Gasteiger partial charge in [0.15, 0.2) is 9.84 Å². The van der Waals surface area contributed by atoms with Gasteiger partial charge in [0.05, 0.1) is 17.0 Å². The predicted molar refractivity (Wildman–Crippen MR) is 74.5 cm³/mol. The first-order valence-electron chi connectivity index (χ1n) is 6.36. The number of rotatable bonds is 4. The van der Waals surface area contributed by atoms with Crippen LogP contribution in [0.1, 0.15) is 13.3 Å². The zero-order chi connectivity index (χ0) is 14.1. The molecular weight excluding hydrogens is 267 g/mol. The Kier molecular flexibility index (Phi) is 3.82. The number of likely N-dealkylation sites (N-methyl/N-ethyl adjacent to an activating group) is 1. The van der Waals surface area contributed by atoms with Crippen LogP contribution in [0.3, 0.4) is 0 Å². The van der Waals surface area contributed by atoms with Crippen molar-refractivity contribution in [3.8, 4) is 0 Å². The minimum atomic E-state index is -3.03. The minimum absolute atomic E-state index is 0.0711. The third-order valence-electron chi connectivity index (χ3n) is 3.77. The van der Waals surface area contributed by atoms with E-state index in [2.05, 4.69) is 0 Å². The van der Waals surface area contributed by atoms with E-state index in [0.717, 1.165) is 5.69 Å². The van der Waals surface area contributed by atoms with Gasteiger partial charge in [-0.2, -0.15) is 0 Å². The lowest BCUT2D eigenvalue weighted by atomic mass is 9.95. The van der Waals surface area contributed by atoms with Crippen molar-refractivity contribution in [2.24, 2.45) is 5.73 Å². The molecule has 6 heteroatoms. The van der Waals surface area contributed by atoms with Gasteiger partial charge in [-0.3, -0.25) is 0 Å². The maximum Gasteiger partial charge on any atom is 0.152 e. The van der Waals surface area contributed by atoms with Crippen LogP contribution in [0, 0.1) is 5.82 Å². The minimum Gasteiger partial charge on any atom is -0.364 e. The lowest BCUT2D eigenvalue weighted by molar-refractivity contribution is 0.444. The molecule has 1 atom stereocenters. The second-order valence-corrected chi connectivity index (χ2v) is 7.18. The maximum atomic E-state index is 13.0. The van der Waals surface area contributed by atoms with Gasteiger partial charge in [-0.25, -0.2) is 12.8 Å². The highest BCUT2D eigenvalue weighted by Crippen LogP contribution is 2.33. The molecule has 1 unspecified atom stereocenters. The SMILES string of the molecule is CCN(c1ccc(F)cc1)C1(CN)CCS(=O)(=O)C1. The largest absolute Gasteiger partial charge is 0.364 e. The van der Waals surface area contributed by atoms with Crippen LogP contribution >= 0.6 is 0 Å². The number of anilines is 1. The van der Waals surface area contributed by atoms with Crippen LogP contribution in [0.4, 0.5) is 10.1 Å². The average molecular weight is 286 g/mol. The van der Waals surface area contributed by atoms with Crippen molar-refractivity contribution in [1.29, 1.82) is 0 Å². The predicted octanol–water partition coefficient (Wildman–Crippen LogP) is 1.17. The summed E-state index contributed by atoms with van der Waals surface area (Å²) in [6.45, 7) is 2.86. The van der Waals surface area contributed by atoms with Crippen molar-refractivity contribution in [2.45, 2.75) is 18.9 Å². The molecule has 2 N–H and O–H groups in total. The van der Waals surface area contributed by atoms with Crippen LogP contribution in [0.2, 0.25) is 0 Å². The Morgan fingerprint density at radius 1 is 1.37 bits per heavy atom. The van der Waals surface area contributed by atoms with Gasteiger partial charge in [0.25, 0.3) is 0 Å². The average Bonchev–Trinajstić information content (AvgIpc) is 2.70. The third kappa shape index (κ3) is 2.74. The maximum absolute atomic E-state index is 13.0. The van der Waals surface area contributed by atoms with Gasteiger partial charge in [-0.1, -0.05) is 0 Å². The molecule has 1 saturated heterocycles. The monoisotopic (exact) mass is 286 g/mol. The number of nitrogens with two attached hydrogens (primary N) is 1. The summed E-state index contributed by atoms with van der Waals surface area (Å²) in [5.41, 5.74) is 6.10. The second-order valence-electron chi connectivity index (χ2n) is 4.99. The third-order valence-corrected chi connectivity index (χ3v) is 5.58. The van der Waals surface area contributed by atoms with E-state index in [4.69, 9.17) is 5.73 Å². The lowest BCUT2D eigenvalue weighted by Gasteiger charge is -2.41. The van der Waals surface area contributed by atoms with Crippen LogP contribution < -0.4 is 10.6 Å². The number of halogens is 1. The van der Waals surface area contributed by atoms with Gasteiger partial charge in [-0.15, -0.1) is 0 Å². The molecule has 1 aromatic rings. The Morgan fingerprint density at radius 3 is 2.42 bits per heavy atom. The summed E-state index contributed by atoms with van der Waals surface area (Å²) in [5, 5.41) is 0. The summed E-state index contributed by atoms with van der Waals surface area (Å²) in [5.74, 6) is -0.0653. The molecule has 1 heterocycles. The first-order valence-corrected chi connectivity index (χ1v) is 8.18. The van der Waals surface area contributed by atoms with E-state index in [-0.39, 0.29) is 23.9 Å². The van der Waals surface area contributed by atoms with E-state index >= 15 is 0 Å². The highest BCUT2D eigenvalue weighted by atomic mass is 32.2. The van der Waals surface area contributed by atoms with Gasteiger partial charge in [0, 0.05) is 18.8 Å². The summed E-state index contributed by atoms with van der Waals surface area (Å²) < 4.78 is 36.5. The summed E-state index contributed by atoms with van der Waals surface area (Å²) >= 11 is 0. The molecule has 0 spiro atoms. The van der Waals surface area contributed by atoms with E-state index in [9.17, 15) is 12.8 Å². The van der Waals surface area contributed by atoms with Crippen LogP contribution in [0.25, 0.3) is 0 Å². The molecule has 1 aromatic carbocycles. The van der Waals surface area contributed by atoms with Crippen LogP contribution in [0.5, 0.6) is 0 Å². The van der Waals surface area contributed by atoms with Crippen molar-refractivity contribution in [2.75, 3.05) is 29.5 Å². The fraction of sp³-hybridized carbons (Fsp3) is 0.538. The molecule has 1 aliphatic heterocycles. The number of hydrogen-bond acceptors (Lipinski definition) is 4. The molecule has 19 heavy (non-hydrogen) atoms. The topological polar surface area (TPSA) is 63.4 Å². The highest BCUT2D eigenvalue weighted by Gasteiger charge is 2.45. The van der Waals surface area contributed by atoms with E-state index in [1.54, 1.807) is 12.1 Å². The Morgan fingerprint density at radius 2 is 2.00 bits per heavy atom. The molecule has 106 valence electrons. The summed E-state index contributed by atoms with van der Waals surface area (Å²) in [4.78, 5) is 1.98. The molecule has 0 aromatic heterocycles. The van der Waals surface area contributed by atoms with E-state index in [1.807, 2.05) is 11.8 Å². The number of sulfone groups is 1. The summed E-state index contributed by atoms with van der Waals surface area (Å²) in [7, 11) is -3.03. The molecular formula is C13H19FN2O2S. The van der Waals surface area contributed by atoms with Crippen LogP contribution in [-0.2, 0) is 9.84 Å². The molecule has 0 radical (unpaired) electrons. The van der Waals surface area contributed by atoms with Gasteiger partial charge in [0.1, 0.15) is 5.82 Å². The number of benzene rings is 1. The zero-order valence-electron chi connectivity index (χ0n) is 11.0. The van der Waals surface area contributed by atoms with Crippen molar-refractivity contribution >= 4 is 15.5 Å². The standard InChI is InChI=1S/C13H19FN2O2S/c1-2-16(12-5-3-11(14)4-6-12)13(9-15)7-8-19(17,18)10-13/h3-6H,2,7-10,15H2,1H3. The van der Waals surface area contributed by atoms with E-state index < -0.39 is 15.4 Å². The first kappa shape index (κ1) is 14.3. The quantitative estimate of drug-likeness (QED) is 0.902. The Hall–Kier alpha value is -1.14. The lowest BCUT2D eigenvalue weighted by Crippen LogP contribution is -2.55. The number of hydrogen-bond donors (Lipinski definition) is 1. The first-order chi connectivity index (χ1) is 8.92. The molecule has 1 aliphatic rings. The molecule has 2 rings (SSSR count). The zero-order valence-corrected chi connectivity index (χ0v) is 11.8. The number of nitrogens with zero attached hydrogens (tertiary/aromatic N) is 1. The van der Waals surface area contributed by atoms with Crippen molar-refractivity contribution in [1.82, 2.24) is 0 Å². The molecule has 1 fully saturated rings. The fourth-order valence-corrected chi connectivity index (χ4v) is 4.87. The Balaban J connectivity index is 2.37. The molecule has 0 amide bonds. The molecule has 0 bridgehead atoms. The smallest absolute Gasteiger partial charge is 0.152 e. The van der Waals surface area contributed by atoms with E-state index in [0.29, 0.717) is 13.0 Å². The van der Waals surface area contributed by atoms with Crippen LogP contribution in [-0.4, -0.2) is 38.6 Å². The Labute approximate surface area is 113 Å². The van der Waals surface area contributed by atoms with Gasteiger partial charge in [-0.05, 0) is 37.6 Å². The highest BCUT2D eigenvalue weighted by molar-refractivity contribution is 7.91. The molecule has 4 nitrogen and oxygen atoms in total. The summed E-state index contributed by atoms with van der Waals surface area (Å²) in [6, 6.07) is 6.10. The molecule has 0 aliphatic carbocycles. The van der Waals surface area contributed by atoms with Crippen molar-refractivity contribution in [3.63, 3.8) is 0 Å². The van der Waals surface area contributed by atoms with E-state index in [1.165, 1.54) is 12.1 Å². The van der Waals surface area contributed by atoms with Gasteiger partial charge in [0.2, 0.25) is 0 Å². The van der Waals surface area contributed by atoms with Crippen LogP contribution in [0.15, 0.2) is 24.3 Å². The van der Waals surface area contributed by atoms with Gasteiger partial charge < -0.3 is 10.6 Å². The summed E-state index contributed by atoms with van der Waals surface area (Å²) in [6.07, 6.45) is 0.525. The Bertz CT molecular complexity index is 544. The van der Waals surface area contributed by atoms with Crippen molar-refractivity contribution in [3.05, 3.63) is 30.1 Å². The van der Waals surface area contributed by atoms with Crippen molar-refractivity contribution < 1.29 is 12.8 Å². The van der Waals surface area contributed by atoms with Gasteiger partial charge >= 0.3 is 0 Å². The normalized spacial score (nSPS) is 25.4. The fourth-order valence-electron chi connectivity index (χ4n) is 2.80.